The number of alkyl carbamates (subject to hydrolysis) is 1. The smallest absolute Gasteiger partial charge is 0.408 e. The van der Waals surface area contributed by atoms with Gasteiger partial charge in [0.1, 0.15) is 18.7 Å². The number of amides is 3. The largest absolute Gasteiger partial charge is 0.445 e. The van der Waals surface area contributed by atoms with Gasteiger partial charge in [-0.15, -0.1) is 0 Å². The molecule has 8 nitrogen and oxygen atoms in total. The van der Waals surface area contributed by atoms with Crippen molar-refractivity contribution in [2.24, 2.45) is 11.7 Å². The van der Waals surface area contributed by atoms with Crippen LogP contribution < -0.4 is 16.4 Å². The normalized spacial score (nSPS) is 17.8. The zero-order valence-corrected chi connectivity index (χ0v) is 16.1. The van der Waals surface area contributed by atoms with Gasteiger partial charge in [-0.3, -0.25) is 9.59 Å². The SMILES string of the molecule is C[C@@H](O)[C@H](NC(=O)OCc1ccccc1)C(=O)N[C@H](C(N)=O)C1CCCCC1. The van der Waals surface area contributed by atoms with Gasteiger partial charge in [0.15, 0.2) is 0 Å². The molecule has 0 spiro atoms. The van der Waals surface area contributed by atoms with Gasteiger partial charge < -0.3 is 26.2 Å². The van der Waals surface area contributed by atoms with Crippen LogP contribution in [0.1, 0.15) is 44.6 Å². The first kappa shape index (κ1) is 21.7. The van der Waals surface area contributed by atoms with Gasteiger partial charge in [-0.25, -0.2) is 4.79 Å². The van der Waals surface area contributed by atoms with E-state index in [1.165, 1.54) is 6.92 Å². The lowest BCUT2D eigenvalue weighted by atomic mass is 9.83. The molecule has 2 rings (SSSR count). The maximum atomic E-state index is 12.6. The van der Waals surface area contributed by atoms with Gasteiger partial charge in [0, 0.05) is 0 Å². The van der Waals surface area contributed by atoms with E-state index in [0.29, 0.717) is 0 Å². The molecule has 5 N–H and O–H groups in total. The van der Waals surface area contributed by atoms with Crippen LogP contribution in [0.15, 0.2) is 30.3 Å². The topological polar surface area (TPSA) is 131 Å². The number of hydrogen-bond donors (Lipinski definition) is 4. The molecule has 0 radical (unpaired) electrons. The van der Waals surface area contributed by atoms with Gasteiger partial charge >= 0.3 is 6.09 Å². The molecule has 1 fully saturated rings. The molecule has 0 heterocycles. The van der Waals surface area contributed by atoms with Gasteiger partial charge in [-0.1, -0.05) is 49.6 Å². The number of benzene rings is 1. The van der Waals surface area contributed by atoms with Crippen molar-refractivity contribution < 1.29 is 24.2 Å². The van der Waals surface area contributed by atoms with Gasteiger partial charge in [0.05, 0.1) is 6.10 Å². The maximum absolute atomic E-state index is 12.6. The standard InChI is InChI=1S/C20H29N3O5/c1-13(24)16(23-20(27)28-12-14-8-4-2-5-9-14)19(26)22-17(18(21)25)15-10-6-3-7-11-15/h2,4-5,8-9,13,15-17,24H,3,6-7,10-12H2,1H3,(H2,21,25)(H,22,26)(H,23,27)/t13-,16+,17+/m1/s1. The Morgan fingerprint density at radius 2 is 1.79 bits per heavy atom. The minimum Gasteiger partial charge on any atom is -0.445 e. The molecule has 154 valence electrons. The number of hydrogen-bond acceptors (Lipinski definition) is 5. The Kier molecular flexibility index (Phi) is 8.25. The van der Waals surface area contributed by atoms with Crippen molar-refractivity contribution in [3.63, 3.8) is 0 Å². The molecule has 28 heavy (non-hydrogen) atoms. The lowest BCUT2D eigenvalue weighted by molar-refractivity contribution is -0.131. The number of aliphatic hydroxyl groups excluding tert-OH is 1. The average Bonchev–Trinajstić information content (AvgIpc) is 2.69. The summed E-state index contributed by atoms with van der Waals surface area (Å²) in [5, 5.41) is 14.9. The zero-order chi connectivity index (χ0) is 20.5. The van der Waals surface area contributed by atoms with Crippen LogP contribution in [0.5, 0.6) is 0 Å². The Morgan fingerprint density at radius 1 is 1.14 bits per heavy atom. The molecule has 3 atom stereocenters. The van der Waals surface area contributed by atoms with Crippen molar-refractivity contribution in [2.45, 2.75) is 63.8 Å². The zero-order valence-electron chi connectivity index (χ0n) is 16.1. The van der Waals surface area contributed by atoms with E-state index >= 15 is 0 Å². The van der Waals surface area contributed by atoms with Crippen molar-refractivity contribution in [2.75, 3.05) is 0 Å². The average molecular weight is 391 g/mol. The highest BCUT2D eigenvalue weighted by Crippen LogP contribution is 2.26. The Labute approximate surface area is 164 Å². The van der Waals surface area contributed by atoms with Crippen LogP contribution in [-0.2, 0) is 20.9 Å². The summed E-state index contributed by atoms with van der Waals surface area (Å²) < 4.78 is 5.09. The summed E-state index contributed by atoms with van der Waals surface area (Å²) in [4.78, 5) is 36.5. The molecule has 1 saturated carbocycles. The summed E-state index contributed by atoms with van der Waals surface area (Å²) >= 11 is 0. The van der Waals surface area contributed by atoms with E-state index in [1.54, 1.807) is 12.1 Å². The van der Waals surface area contributed by atoms with Gasteiger partial charge in [-0.05, 0) is 31.2 Å². The van der Waals surface area contributed by atoms with Crippen molar-refractivity contribution in [1.29, 1.82) is 0 Å². The molecule has 3 amide bonds. The predicted octanol–water partition coefficient (Wildman–Crippen LogP) is 1.21. The molecular formula is C20H29N3O5. The second-order valence-corrected chi connectivity index (χ2v) is 7.21. The van der Waals surface area contributed by atoms with Gasteiger partial charge in [0.2, 0.25) is 11.8 Å². The number of primary amides is 1. The number of nitrogens with one attached hydrogen (secondary N) is 2. The Morgan fingerprint density at radius 3 is 2.36 bits per heavy atom. The van der Waals surface area contributed by atoms with Crippen molar-refractivity contribution in [1.82, 2.24) is 10.6 Å². The number of rotatable bonds is 8. The monoisotopic (exact) mass is 391 g/mol. The minimum absolute atomic E-state index is 0.0325. The van der Waals surface area contributed by atoms with Crippen LogP contribution in [0.4, 0.5) is 4.79 Å². The summed E-state index contributed by atoms with van der Waals surface area (Å²) in [6.45, 7) is 1.41. The molecular weight excluding hydrogens is 362 g/mol. The van der Waals surface area contributed by atoms with E-state index in [9.17, 15) is 19.5 Å². The third-order valence-corrected chi connectivity index (χ3v) is 4.98. The lowest BCUT2D eigenvalue weighted by Crippen LogP contribution is -2.58. The van der Waals surface area contributed by atoms with E-state index in [1.807, 2.05) is 18.2 Å². The summed E-state index contributed by atoms with van der Waals surface area (Å²) in [7, 11) is 0. The fraction of sp³-hybridized carbons (Fsp3) is 0.550. The van der Waals surface area contributed by atoms with Crippen LogP contribution in [0.2, 0.25) is 0 Å². The molecule has 1 aromatic carbocycles. The van der Waals surface area contributed by atoms with Gasteiger partial charge in [-0.2, -0.15) is 0 Å². The Hall–Kier alpha value is -2.61. The van der Waals surface area contributed by atoms with Crippen LogP contribution in [0, 0.1) is 5.92 Å². The van der Waals surface area contributed by atoms with Crippen LogP contribution >= 0.6 is 0 Å². The first-order valence-corrected chi connectivity index (χ1v) is 9.63. The summed E-state index contributed by atoms with van der Waals surface area (Å²) in [5.74, 6) is -1.31. The lowest BCUT2D eigenvalue weighted by Gasteiger charge is -2.30. The van der Waals surface area contributed by atoms with E-state index in [2.05, 4.69) is 10.6 Å². The first-order valence-electron chi connectivity index (χ1n) is 9.63. The quantitative estimate of drug-likeness (QED) is 0.529. The maximum Gasteiger partial charge on any atom is 0.408 e. The second-order valence-electron chi connectivity index (χ2n) is 7.21. The van der Waals surface area contributed by atoms with E-state index < -0.39 is 36.1 Å². The predicted molar refractivity (Wildman–Crippen MR) is 103 cm³/mol. The van der Waals surface area contributed by atoms with Crippen molar-refractivity contribution >= 4 is 17.9 Å². The minimum atomic E-state index is -1.26. The highest BCUT2D eigenvalue weighted by atomic mass is 16.5. The summed E-state index contributed by atoms with van der Waals surface area (Å²) in [6, 6.07) is 7.00. The molecule has 8 heteroatoms. The van der Waals surface area contributed by atoms with E-state index in [4.69, 9.17) is 10.5 Å². The molecule has 0 aromatic heterocycles. The molecule has 1 aromatic rings. The Bertz CT molecular complexity index is 659. The summed E-state index contributed by atoms with van der Waals surface area (Å²) in [5.41, 5.74) is 6.27. The molecule has 0 unspecified atom stereocenters. The number of aliphatic hydroxyl groups is 1. The van der Waals surface area contributed by atoms with Gasteiger partial charge in [0.25, 0.3) is 0 Å². The molecule has 0 bridgehead atoms. The highest BCUT2D eigenvalue weighted by Gasteiger charge is 2.33. The van der Waals surface area contributed by atoms with E-state index in [0.717, 1.165) is 37.7 Å². The van der Waals surface area contributed by atoms with Crippen molar-refractivity contribution in [3.05, 3.63) is 35.9 Å². The number of carbonyl (C=O) groups excluding carboxylic acids is 3. The molecule has 0 aliphatic heterocycles. The van der Waals surface area contributed by atoms with Crippen LogP contribution in [0.25, 0.3) is 0 Å². The van der Waals surface area contributed by atoms with Crippen molar-refractivity contribution in [3.8, 4) is 0 Å². The fourth-order valence-corrected chi connectivity index (χ4v) is 3.43. The second kappa shape index (κ2) is 10.7. The van der Waals surface area contributed by atoms with Crippen LogP contribution in [-0.4, -0.2) is 41.2 Å². The number of carbonyl (C=O) groups is 3. The third-order valence-electron chi connectivity index (χ3n) is 4.98. The molecule has 0 saturated heterocycles. The fourth-order valence-electron chi connectivity index (χ4n) is 3.43. The highest BCUT2D eigenvalue weighted by molar-refractivity contribution is 5.91. The number of ether oxygens (including phenoxy) is 1. The molecule has 1 aliphatic rings. The van der Waals surface area contributed by atoms with E-state index in [-0.39, 0.29) is 12.5 Å². The third kappa shape index (κ3) is 6.53. The first-order chi connectivity index (χ1) is 13.4. The Balaban J connectivity index is 1.94. The molecule has 1 aliphatic carbocycles. The van der Waals surface area contributed by atoms with Crippen LogP contribution in [0.3, 0.4) is 0 Å². The summed E-state index contributed by atoms with van der Waals surface area (Å²) in [6.07, 6.45) is 2.66. The number of nitrogens with two attached hydrogens (primary N) is 1.